The van der Waals surface area contributed by atoms with Crippen molar-refractivity contribution in [1.29, 1.82) is 0 Å². The molecule has 26 heavy (non-hydrogen) atoms. The molecule has 0 aromatic rings. The maximum Gasteiger partial charge on any atom is 0.125 e. The van der Waals surface area contributed by atoms with Gasteiger partial charge in [0.1, 0.15) is 5.83 Å². The number of allylic oxidation sites excluding steroid dienone is 5. The first-order valence-corrected chi connectivity index (χ1v) is 10.3. The summed E-state index contributed by atoms with van der Waals surface area (Å²) < 4.78 is 19.9. The van der Waals surface area contributed by atoms with E-state index < -0.39 is 6.61 Å². The Hall–Kier alpha value is -1.09. The van der Waals surface area contributed by atoms with Crippen molar-refractivity contribution in [2.75, 3.05) is 13.7 Å². The van der Waals surface area contributed by atoms with Crippen molar-refractivity contribution < 1.29 is 14.2 Å². The molecule has 6 atom stereocenters. The summed E-state index contributed by atoms with van der Waals surface area (Å²) in [6.45, 7) is 6.67. The van der Waals surface area contributed by atoms with Gasteiger partial charge in [0, 0.05) is 6.42 Å². The molecule has 0 aliphatic heterocycles. The quantitative estimate of drug-likeness (QED) is 0.699. The Morgan fingerprint density at radius 2 is 2.08 bits per heavy atom. The Labute approximate surface area is 157 Å². The first-order chi connectivity index (χ1) is 12.4. The van der Waals surface area contributed by atoms with Crippen molar-refractivity contribution in [1.82, 2.24) is 0 Å². The highest BCUT2D eigenvalue weighted by molar-refractivity contribution is 5.38. The van der Waals surface area contributed by atoms with E-state index in [0.717, 1.165) is 49.9 Å². The number of ether oxygens (including phenoxy) is 1. The zero-order valence-electron chi connectivity index (χ0n) is 16.6. The van der Waals surface area contributed by atoms with Crippen LogP contribution < -0.4 is 0 Å². The van der Waals surface area contributed by atoms with Crippen molar-refractivity contribution in [3.8, 4) is 0 Å². The molecule has 0 radical (unpaired) electrons. The number of hydrogen-bond acceptors (Lipinski definition) is 2. The summed E-state index contributed by atoms with van der Waals surface area (Å²) in [6.07, 6.45) is 11.0. The van der Waals surface area contributed by atoms with Crippen molar-refractivity contribution in [2.45, 2.75) is 59.3 Å². The van der Waals surface area contributed by atoms with Crippen LogP contribution in [0, 0.1) is 34.5 Å². The highest BCUT2D eigenvalue weighted by Gasteiger charge is 2.58. The molecule has 0 bridgehead atoms. The summed E-state index contributed by atoms with van der Waals surface area (Å²) in [5.41, 5.74) is 2.53. The third kappa shape index (κ3) is 2.32. The number of aliphatic hydroxyl groups is 1. The van der Waals surface area contributed by atoms with Crippen molar-refractivity contribution in [3.63, 3.8) is 0 Å². The second kappa shape index (κ2) is 6.22. The minimum Gasteiger partial charge on any atom is -0.501 e. The van der Waals surface area contributed by atoms with E-state index in [1.807, 2.05) is 0 Å². The molecular formula is C23H33FO2. The van der Waals surface area contributed by atoms with Crippen LogP contribution in [-0.4, -0.2) is 18.8 Å². The van der Waals surface area contributed by atoms with Gasteiger partial charge in [-0.1, -0.05) is 26.8 Å². The molecule has 0 heterocycles. The molecule has 4 aliphatic rings. The average Bonchev–Trinajstić information content (AvgIpc) is 2.99. The van der Waals surface area contributed by atoms with Crippen LogP contribution in [0.1, 0.15) is 59.3 Å². The highest BCUT2D eigenvalue weighted by atomic mass is 19.1. The lowest BCUT2D eigenvalue weighted by Gasteiger charge is -2.58. The summed E-state index contributed by atoms with van der Waals surface area (Å²) in [7, 11) is 1.78. The SMILES string of the molecule is COC1=CC2=CCC3C4CC/C(=C(\F)CO)C4(C)CCC3C2(C)[C@@H](C)C1. The van der Waals surface area contributed by atoms with Crippen LogP contribution in [0.3, 0.4) is 0 Å². The molecule has 2 fully saturated rings. The summed E-state index contributed by atoms with van der Waals surface area (Å²) in [5.74, 6) is 3.26. The summed E-state index contributed by atoms with van der Waals surface area (Å²) in [5, 5.41) is 9.35. The minimum atomic E-state index is -0.435. The Morgan fingerprint density at radius 3 is 2.77 bits per heavy atom. The van der Waals surface area contributed by atoms with Gasteiger partial charge in [0.25, 0.3) is 0 Å². The molecule has 5 unspecified atom stereocenters. The Morgan fingerprint density at radius 1 is 1.31 bits per heavy atom. The van der Waals surface area contributed by atoms with E-state index in [1.54, 1.807) is 7.11 Å². The molecule has 4 rings (SSSR count). The molecule has 0 spiro atoms. The van der Waals surface area contributed by atoms with Crippen LogP contribution in [0.4, 0.5) is 4.39 Å². The summed E-state index contributed by atoms with van der Waals surface area (Å²) in [6, 6.07) is 0. The second-order valence-corrected chi connectivity index (χ2v) is 9.51. The molecule has 2 nitrogen and oxygen atoms in total. The lowest BCUT2D eigenvalue weighted by atomic mass is 9.46. The fourth-order valence-electron chi connectivity index (χ4n) is 7.16. The maximum absolute atomic E-state index is 14.4. The maximum atomic E-state index is 14.4. The lowest BCUT2D eigenvalue weighted by molar-refractivity contribution is -0.0295. The average molecular weight is 361 g/mol. The van der Waals surface area contributed by atoms with E-state index in [-0.39, 0.29) is 16.7 Å². The number of halogens is 1. The minimum absolute atomic E-state index is 0.0544. The van der Waals surface area contributed by atoms with E-state index in [9.17, 15) is 9.50 Å². The number of methoxy groups -OCH3 is 1. The van der Waals surface area contributed by atoms with Crippen LogP contribution in [0.5, 0.6) is 0 Å². The van der Waals surface area contributed by atoms with Gasteiger partial charge in [0.05, 0.1) is 19.5 Å². The lowest BCUT2D eigenvalue weighted by Crippen LogP contribution is -2.50. The third-order valence-corrected chi connectivity index (χ3v) is 8.80. The van der Waals surface area contributed by atoms with Crippen LogP contribution in [0.15, 0.2) is 34.9 Å². The van der Waals surface area contributed by atoms with Crippen LogP contribution in [-0.2, 0) is 4.74 Å². The molecule has 3 heteroatoms. The van der Waals surface area contributed by atoms with E-state index in [4.69, 9.17) is 4.74 Å². The molecular weight excluding hydrogens is 327 g/mol. The topological polar surface area (TPSA) is 29.5 Å². The molecule has 2 saturated carbocycles. The number of hydrogen-bond donors (Lipinski definition) is 1. The monoisotopic (exact) mass is 360 g/mol. The number of fused-ring (bicyclic) bond motifs is 5. The van der Waals surface area contributed by atoms with Crippen molar-refractivity contribution >= 4 is 0 Å². The van der Waals surface area contributed by atoms with Gasteiger partial charge in [0.15, 0.2) is 0 Å². The Balaban J connectivity index is 1.72. The van der Waals surface area contributed by atoms with Gasteiger partial charge >= 0.3 is 0 Å². The van der Waals surface area contributed by atoms with E-state index >= 15 is 0 Å². The molecule has 0 saturated heterocycles. The van der Waals surface area contributed by atoms with E-state index in [1.165, 1.54) is 5.57 Å². The van der Waals surface area contributed by atoms with Crippen molar-refractivity contribution in [3.05, 3.63) is 34.9 Å². The fraction of sp³-hybridized carbons (Fsp3) is 0.739. The predicted octanol–water partition coefficient (Wildman–Crippen LogP) is 5.55. The molecule has 144 valence electrons. The van der Waals surface area contributed by atoms with Gasteiger partial charge < -0.3 is 9.84 Å². The summed E-state index contributed by atoms with van der Waals surface area (Å²) >= 11 is 0. The normalized spacial score (nSPS) is 46.5. The van der Waals surface area contributed by atoms with Gasteiger partial charge in [-0.25, -0.2) is 4.39 Å². The first kappa shape index (κ1) is 18.3. The van der Waals surface area contributed by atoms with Gasteiger partial charge in [-0.05, 0) is 83.8 Å². The zero-order chi connectivity index (χ0) is 18.7. The van der Waals surface area contributed by atoms with Gasteiger partial charge in [-0.3, -0.25) is 0 Å². The largest absolute Gasteiger partial charge is 0.501 e. The Kier molecular flexibility index (Phi) is 4.38. The predicted molar refractivity (Wildman–Crippen MR) is 102 cm³/mol. The van der Waals surface area contributed by atoms with Crippen LogP contribution >= 0.6 is 0 Å². The van der Waals surface area contributed by atoms with Gasteiger partial charge in [0.2, 0.25) is 0 Å². The second-order valence-electron chi connectivity index (χ2n) is 9.51. The molecule has 1 N–H and O–H groups in total. The van der Waals surface area contributed by atoms with Gasteiger partial charge in [-0.2, -0.15) is 0 Å². The Bertz CT molecular complexity index is 690. The van der Waals surface area contributed by atoms with Crippen molar-refractivity contribution in [2.24, 2.45) is 34.5 Å². The molecule has 0 aromatic carbocycles. The number of aliphatic hydroxyl groups excluding tert-OH is 1. The summed E-state index contributed by atoms with van der Waals surface area (Å²) in [4.78, 5) is 0. The van der Waals surface area contributed by atoms with Gasteiger partial charge in [-0.15, -0.1) is 0 Å². The third-order valence-electron chi connectivity index (χ3n) is 8.80. The standard InChI is InChI=1S/C23H33FO2/c1-14-11-16(26-4)12-15-5-6-17-18-7-8-20(21(24)13-25)22(18,2)10-9-19(17)23(14,15)3/h5,12,14,17-19,25H,6-11,13H2,1-4H3/b21-20+/t14-,17?,18?,19?,22?,23?/m0/s1. The number of rotatable bonds is 2. The van der Waals surface area contributed by atoms with E-state index in [2.05, 4.69) is 32.9 Å². The molecule has 0 aromatic heterocycles. The fourth-order valence-corrected chi connectivity index (χ4v) is 7.16. The first-order valence-electron chi connectivity index (χ1n) is 10.3. The van der Waals surface area contributed by atoms with Crippen LogP contribution in [0.25, 0.3) is 0 Å². The van der Waals surface area contributed by atoms with E-state index in [0.29, 0.717) is 23.7 Å². The zero-order valence-corrected chi connectivity index (χ0v) is 16.6. The smallest absolute Gasteiger partial charge is 0.125 e. The molecule has 4 aliphatic carbocycles. The van der Waals surface area contributed by atoms with Crippen LogP contribution in [0.2, 0.25) is 0 Å². The molecule has 0 amide bonds. The highest BCUT2D eigenvalue weighted by Crippen LogP contribution is 2.67.